The predicted octanol–water partition coefficient (Wildman–Crippen LogP) is 3.80. The summed E-state index contributed by atoms with van der Waals surface area (Å²) in [6, 6.07) is 13.2. The van der Waals surface area contributed by atoms with Crippen molar-refractivity contribution in [2.24, 2.45) is 5.73 Å². The molecular formula is C27H30N6O2. The van der Waals surface area contributed by atoms with Gasteiger partial charge in [0.15, 0.2) is 5.65 Å². The van der Waals surface area contributed by atoms with E-state index in [2.05, 4.69) is 4.90 Å². The number of aromatic hydroxyl groups is 1. The molecule has 35 heavy (non-hydrogen) atoms. The van der Waals surface area contributed by atoms with E-state index in [1.807, 2.05) is 52.9 Å². The normalized spacial score (nSPS) is 20.7. The molecule has 2 aromatic carbocycles. The maximum absolute atomic E-state index is 13.7. The molecule has 2 saturated heterocycles. The lowest BCUT2D eigenvalue weighted by molar-refractivity contribution is 0.0603. The molecule has 3 N–H and O–H groups in total. The van der Waals surface area contributed by atoms with Gasteiger partial charge in [-0.15, -0.1) is 0 Å². The number of carbonyl (C=O) groups is 1. The van der Waals surface area contributed by atoms with E-state index in [-0.39, 0.29) is 23.7 Å². The average Bonchev–Trinajstić information content (AvgIpc) is 3.48. The molecule has 2 atom stereocenters. The molecule has 180 valence electrons. The zero-order valence-electron chi connectivity index (χ0n) is 19.9. The summed E-state index contributed by atoms with van der Waals surface area (Å²) in [4.78, 5) is 22.7. The first-order chi connectivity index (χ1) is 17.0. The maximum atomic E-state index is 13.7. The van der Waals surface area contributed by atoms with Gasteiger partial charge < -0.3 is 20.6 Å². The van der Waals surface area contributed by atoms with Crippen LogP contribution in [0.1, 0.15) is 53.3 Å². The van der Waals surface area contributed by atoms with Crippen LogP contribution >= 0.6 is 0 Å². The van der Waals surface area contributed by atoms with E-state index in [9.17, 15) is 9.90 Å². The van der Waals surface area contributed by atoms with Crippen molar-refractivity contribution in [3.63, 3.8) is 0 Å². The molecule has 0 radical (unpaired) electrons. The lowest BCUT2D eigenvalue weighted by Crippen LogP contribution is -2.38. The molecule has 1 amide bonds. The molecular weight excluding hydrogens is 440 g/mol. The molecule has 0 aliphatic carbocycles. The average molecular weight is 471 g/mol. The number of anilines is 1. The lowest BCUT2D eigenvalue weighted by Gasteiger charge is -2.35. The molecule has 2 aromatic heterocycles. The monoisotopic (exact) mass is 470 g/mol. The number of hydrogen-bond donors (Lipinski definition) is 2. The van der Waals surface area contributed by atoms with Crippen molar-refractivity contribution in [3.05, 3.63) is 65.5 Å². The first-order valence-corrected chi connectivity index (χ1v) is 12.4. The van der Waals surface area contributed by atoms with E-state index >= 15 is 0 Å². The number of phenolic OH excluding ortho intramolecular Hbond substituents is 1. The van der Waals surface area contributed by atoms with Gasteiger partial charge in [0, 0.05) is 43.5 Å². The Bertz CT molecular complexity index is 1430. The van der Waals surface area contributed by atoms with Crippen LogP contribution in [0.5, 0.6) is 5.75 Å². The standard InChI is InChI=1S/C27H30N6O2/c1-17-15-33-25(29-26(17)31-11-9-20(28)16-31)14-22(30-33)23-8-4-5-10-32(23)27(35)21-12-18-6-2-3-7-19(18)13-24(21)34/h2-3,6-7,12-15,20,23,34H,4-5,8-11,16,28H2,1H3/t20-,23-/m0/s1. The zero-order chi connectivity index (χ0) is 24.1. The van der Waals surface area contributed by atoms with Gasteiger partial charge in [0.1, 0.15) is 11.6 Å². The molecule has 0 bridgehead atoms. The molecule has 8 heteroatoms. The van der Waals surface area contributed by atoms with E-state index in [1.165, 1.54) is 0 Å². The molecule has 2 aliphatic heterocycles. The number of aryl methyl sites for hydroxylation is 1. The van der Waals surface area contributed by atoms with Gasteiger partial charge in [-0.05, 0) is 55.5 Å². The summed E-state index contributed by atoms with van der Waals surface area (Å²) in [5, 5.41) is 17.4. The Morgan fingerprint density at radius 3 is 2.66 bits per heavy atom. The molecule has 2 fully saturated rings. The summed E-state index contributed by atoms with van der Waals surface area (Å²) in [5.74, 6) is 0.805. The van der Waals surface area contributed by atoms with Crippen LogP contribution < -0.4 is 10.6 Å². The largest absolute Gasteiger partial charge is 0.507 e. The highest BCUT2D eigenvalue weighted by molar-refractivity contribution is 6.01. The Balaban J connectivity index is 1.34. The first kappa shape index (κ1) is 21.9. The van der Waals surface area contributed by atoms with E-state index in [0.29, 0.717) is 12.1 Å². The third-order valence-electron chi connectivity index (χ3n) is 7.35. The molecule has 6 rings (SSSR count). The highest BCUT2D eigenvalue weighted by Gasteiger charge is 2.32. The van der Waals surface area contributed by atoms with Crippen molar-refractivity contribution in [1.82, 2.24) is 19.5 Å². The lowest BCUT2D eigenvalue weighted by atomic mass is 9.97. The van der Waals surface area contributed by atoms with Gasteiger partial charge in [0.05, 0.1) is 17.3 Å². The van der Waals surface area contributed by atoms with E-state index in [1.54, 1.807) is 12.1 Å². The Kier molecular flexibility index (Phi) is 5.33. The fraction of sp³-hybridized carbons (Fsp3) is 0.370. The summed E-state index contributed by atoms with van der Waals surface area (Å²) < 4.78 is 1.81. The van der Waals surface area contributed by atoms with Crippen LogP contribution in [0.4, 0.5) is 5.82 Å². The minimum absolute atomic E-state index is 0.0128. The second kappa shape index (κ2) is 8.53. The molecule has 8 nitrogen and oxygen atoms in total. The highest BCUT2D eigenvalue weighted by Crippen LogP contribution is 2.35. The minimum Gasteiger partial charge on any atom is -0.507 e. The van der Waals surface area contributed by atoms with Crippen LogP contribution in [0, 0.1) is 6.92 Å². The van der Waals surface area contributed by atoms with Crippen LogP contribution in [-0.2, 0) is 0 Å². The quantitative estimate of drug-likeness (QED) is 0.472. The molecule has 0 saturated carbocycles. The number of nitrogens with two attached hydrogens (primary N) is 1. The molecule has 0 unspecified atom stereocenters. The molecule has 4 heterocycles. The predicted molar refractivity (Wildman–Crippen MR) is 136 cm³/mol. The number of nitrogens with zero attached hydrogens (tertiary/aromatic N) is 5. The van der Waals surface area contributed by atoms with E-state index in [0.717, 1.165) is 72.3 Å². The van der Waals surface area contributed by atoms with Crippen molar-refractivity contribution >= 4 is 28.1 Å². The van der Waals surface area contributed by atoms with Crippen LogP contribution in [-0.4, -0.2) is 56.2 Å². The van der Waals surface area contributed by atoms with Gasteiger partial charge in [-0.1, -0.05) is 24.3 Å². The Labute approximate surface area is 204 Å². The number of fused-ring (bicyclic) bond motifs is 2. The fourth-order valence-electron chi connectivity index (χ4n) is 5.52. The van der Waals surface area contributed by atoms with Gasteiger partial charge in [-0.25, -0.2) is 9.50 Å². The number of amides is 1. The minimum atomic E-state index is -0.161. The topological polar surface area (TPSA) is 100.0 Å². The van der Waals surface area contributed by atoms with Crippen molar-refractivity contribution < 1.29 is 9.90 Å². The second-order valence-corrected chi connectivity index (χ2v) is 9.84. The van der Waals surface area contributed by atoms with Crippen LogP contribution in [0.3, 0.4) is 0 Å². The van der Waals surface area contributed by atoms with Crippen LogP contribution in [0.2, 0.25) is 0 Å². The van der Waals surface area contributed by atoms with E-state index in [4.69, 9.17) is 15.8 Å². The SMILES string of the molecule is Cc1cn2nc([C@@H]3CCCCN3C(=O)c3cc4ccccc4cc3O)cc2nc1N1CC[C@H](N)C1. The fourth-order valence-corrected chi connectivity index (χ4v) is 5.52. The van der Waals surface area contributed by atoms with Gasteiger partial charge in [-0.3, -0.25) is 4.79 Å². The summed E-state index contributed by atoms with van der Waals surface area (Å²) in [5.41, 5.74) is 9.11. The van der Waals surface area contributed by atoms with Gasteiger partial charge in [0.2, 0.25) is 0 Å². The van der Waals surface area contributed by atoms with Crippen LogP contribution in [0.15, 0.2) is 48.7 Å². The summed E-state index contributed by atoms with van der Waals surface area (Å²) in [6.07, 6.45) is 5.76. The van der Waals surface area contributed by atoms with Crippen molar-refractivity contribution in [3.8, 4) is 5.75 Å². The smallest absolute Gasteiger partial charge is 0.258 e. The Hall–Kier alpha value is -3.65. The summed E-state index contributed by atoms with van der Waals surface area (Å²) in [6.45, 7) is 4.40. The zero-order valence-corrected chi connectivity index (χ0v) is 19.9. The highest BCUT2D eigenvalue weighted by atomic mass is 16.3. The molecule has 4 aromatic rings. The molecule has 0 spiro atoms. The Morgan fingerprint density at radius 2 is 1.89 bits per heavy atom. The van der Waals surface area contributed by atoms with Crippen molar-refractivity contribution in [2.75, 3.05) is 24.5 Å². The molecule has 2 aliphatic rings. The number of hydrogen-bond acceptors (Lipinski definition) is 6. The van der Waals surface area contributed by atoms with E-state index < -0.39 is 0 Å². The summed E-state index contributed by atoms with van der Waals surface area (Å²) in [7, 11) is 0. The third kappa shape index (κ3) is 3.87. The number of piperidine rings is 1. The van der Waals surface area contributed by atoms with Crippen molar-refractivity contribution in [2.45, 2.75) is 44.7 Å². The first-order valence-electron chi connectivity index (χ1n) is 12.4. The maximum Gasteiger partial charge on any atom is 0.258 e. The summed E-state index contributed by atoms with van der Waals surface area (Å²) >= 11 is 0. The number of rotatable bonds is 3. The van der Waals surface area contributed by atoms with Gasteiger partial charge in [-0.2, -0.15) is 5.10 Å². The van der Waals surface area contributed by atoms with Gasteiger partial charge >= 0.3 is 0 Å². The third-order valence-corrected chi connectivity index (χ3v) is 7.35. The number of carbonyl (C=O) groups excluding carboxylic acids is 1. The number of likely N-dealkylation sites (tertiary alicyclic amines) is 1. The van der Waals surface area contributed by atoms with Crippen LogP contribution in [0.25, 0.3) is 16.4 Å². The van der Waals surface area contributed by atoms with Gasteiger partial charge in [0.25, 0.3) is 5.91 Å². The van der Waals surface area contributed by atoms with Crippen molar-refractivity contribution in [1.29, 1.82) is 0 Å². The number of aromatic nitrogens is 3. The Morgan fingerprint density at radius 1 is 1.09 bits per heavy atom. The number of phenols is 1. The second-order valence-electron chi connectivity index (χ2n) is 9.84. The number of benzene rings is 2.